The molecule has 2 nitrogen and oxygen atoms in total. The molecule has 2 heteroatoms. The molecule has 1 amide bonds. The van der Waals surface area contributed by atoms with Gasteiger partial charge < -0.3 is 5.32 Å². The Bertz CT molecular complexity index is 140. The van der Waals surface area contributed by atoms with Crippen LogP contribution in [-0.2, 0) is 4.79 Å². The van der Waals surface area contributed by atoms with Crippen LogP contribution in [0.25, 0.3) is 0 Å². The Morgan fingerprint density at radius 3 is 2.75 bits per heavy atom. The molecule has 0 saturated heterocycles. The summed E-state index contributed by atoms with van der Waals surface area (Å²) in [6.07, 6.45) is 3.20. The molecule has 0 spiro atoms. The summed E-state index contributed by atoms with van der Waals surface area (Å²) >= 11 is 0. The molecule has 0 aromatic carbocycles. The van der Waals surface area contributed by atoms with E-state index in [0.29, 0.717) is 6.54 Å². The van der Waals surface area contributed by atoms with Crippen LogP contribution in [0.15, 0.2) is 24.3 Å². The van der Waals surface area contributed by atoms with Gasteiger partial charge in [-0.1, -0.05) is 12.7 Å². The first-order valence-electron chi connectivity index (χ1n) is 2.43. The van der Waals surface area contributed by atoms with E-state index < -0.39 is 0 Å². The Kier molecular flexibility index (Phi) is 1.16. The zero-order valence-electron chi connectivity index (χ0n) is 4.48. The van der Waals surface area contributed by atoms with Gasteiger partial charge in [0.05, 0.1) is 0 Å². The maximum absolute atomic E-state index is 10.4. The lowest BCUT2D eigenvalue weighted by molar-refractivity contribution is -0.116. The van der Waals surface area contributed by atoms with E-state index in [1.807, 2.05) is 0 Å². The molecule has 0 atom stereocenters. The van der Waals surface area contributed by atoms with Gasteiger partial charge in [0.25, 0.3) is 0 Å². The quantitative estimate of drug-likeness (QED) is 0.474. The zero-order valence-corrected chi connectivity index (χ0v) is 4.48. The van der Waals surface area contributed by atoms with Crippen LogP contribution in [-0.4, -0.2) is 12.5 Å². The lowest BCUT2D eigenvalue weighted by atomic mass is 10.2. The molecule has 0 saturated carbocycles. The molecule has 42 valence electrons. The molecule has 1 aliphatic heterocycles. The Hall–Kier alpha value is -1.05. The molecule has 8 heavy (non-hydrogen) atoms. The Morgan fingerprint density at radius 2 is 2.38 bits per heavy atom. The molecule has 0 aromatic rings. The second-order valence-electron chi connectivity index (χ2n) is 1.71. The van der Waals surface area contributed by atoms with E-state index in [4.69, 9.17) is 0 Å². The SMILES string of the molecule is C=C1C=CC(=O)NC1. The number of carbonyl (C=O) groups excluding carboxylic acids is 1. The third kappa shape index (κ3) is 0.964. The predicted octanol–water partition coefficient (Wildman–Crippen LogP) is 0.229. The number of hydrogen-bond acceptors (Lipinski definition) is 1. The van der Waals surface area contributed by atoms with Gasteiger partial charge in [-0.3, -0.25) is 4.79 Å². The van der Waals surface area contributed by atoms with E-state index in [2.05, 4.69) is 11.9 Å². The molecular weight excluding hydrogens is 102 g/mol. The summed E-state index contributed by atoms with van der Waals surface area (Å²) < 4.78 is 0. The number of hydrogen-bond donors (Lipinski definition) is 1. The van der Waals surface area contributed by atoms with Crippen molar-refractivity contribution < 1.29 is 4.79 Å². The summed E-state index contributed by atoms with van der Waals surface area (Å²) in [7, 11) is 0. The zero-order chi connectivity index (χ0) is 5.98. The van der Waals surface area contributed by atoms with Gasteiger partial charge in [-0.05, 0) is 5.57 Å². The van der Waals surface area contributed by atoms with Crippen molar-refractivity contribution >= 4 is 5.91 Å². The van der Waals surface area contributed by atoms with E-state index in [0.717, 1.165) is 5.57 Å². The van der Waals surface area contributed by atoms with Crippen molar-refractivity contribution in [2.45, 2.75) is 0 Å². The van der Waals surface area contributed by atoms with Crippen LogP contribution >= 0.6 is 0 Å². The average molecular weight is 109 g/mol. The summed E-state index contributed by atoms with van der Waals surface area (Å²) in [4.78, 5) is 10.4. The normalized spacial score (nSPS) is 18.5. The van der Waals surface area contributed by atoms with Crippen LogP contribution in [0, 0.1) is 0 Å². The van der Waals surface area contributed by atoms with Gasteiger partial charge in [0.1, 0.15) is 0 Å². The van der Waals surface area contributed by atoms with Crippen LogP contribution in [0.2, 0.25) is 0 Å². The van der Waals surface area contributed by atoms with E-state index in [9.17, 15) is 4.79 Å². The molecular formula is C6H7NO. The summed E-state index contributed by atoms with van der Waals surface area (Å²) in [5, 5.41) is 2.61. The molecule has 1 rings (SSSR count). The molecule has 0 aliphatic carbocycles. The minimum Gasteiger partial charge on any atom is -0.348 e. The van der Waals surface area contributed by atoms with Crippen LogP contribution in [0.5, 0.6) is 0 Å². The first kappa shape index (κ1) is 5.09. The Labute approximate surface area is 47.9 Å². The summed E-state index contributed by atoms with van der Waals surface area (Å²) in [6.45, 7) is 4.24. The highest BCUT2D eigenvalue weighted by molar-refractivity contribution is 5.89. The molecule has 1 heterocycles. The van der Waals surface area contributed by atoms with E-state index in [-0.39, 0.29) is 5.91 Å². The third-order valence-electron chi connectivity index (χ3n) is 0.960. The number of carbonyl (C=O) groups is 1. The van der Waals surface area contributed by atoms with Gasteiger partial charge in [-0.15, -0.1) is 0 Å². The fourth-order valence-corrected chi connectivity index (χ4v) is 0.512. The van der Waals surface area contributed by atoms with Gasteiger partial charge in [-0.25, -0.2) is 0 Å². The molecule has 0 unspecified atom stereocenters. The van der Waals surface area contributed by atoms with E-state index >= 15 is 0 Å². The monoisotopic (exact) mass is 109 g/mol. The Balaban J connectivity index is 2.68. The van der Waals surface area contributed by atoms with E-state index in [1.165, 1.54) is 6.08 Å². The fourth-order valence-electron chi connectivity index (χ4n) is 0.512. The molecule has 1 N–H and O–H groups in total. The average Bonchev–Trinajstić information content (AvgIpc) is 1.77. The van der Waals surface area contributed by atoms with Gasteiger partial charge in [0.2, 0.25) is 5.91 Å². The third-order valence-corrected chi connectivity index (χ3v) is 0.960. The minimum atomic E-state index is -0.0302. The molecule has 0 aromatic heterocycles. The maximum atomic E-state index is 10.4. The first-order chi connectivity index (χ1) is 3.79. The van der Waals surface area contributed by atoms with Crippen molar-refractivity contribution in [3.05, 3.63) is 24.3 Å². The van der Waals surface area contributed by atoms with Crippen molar-refractivity contribution in [2.24, 2.45) is 0 Å². The summed E-state index contributed by atoms with van der Waals surface area (Å²) in [5.41, 5.74) is 0.949. The lowest BCUT2D eigenvalue weighted by Gasteiger charge is -2.05. The number of rotatable bonds is 0. The largest absolute Gasteiger partial charge is 0.348 e. The van der Waals surface area contributed by atoms with Crippen molar-refractivity contribution in [3.8, 4) is 0 Å². The lowest BCUT2D eigenvalue weighted by Crippen LogP contribution is -2.25. The molecule has 0 fully saturated rings. The van der Waals surface area contributed by atoms with Crippen LogP contribution in [0.4, 0.5) is 0 Å². The summed E-state index contributed by atoms with van der Waals surface area (Å²) in [5.74, 6) is -0.0302. The molecule has 0 bridgehead atoms. The number of amides is 1. The van der Waals surface area contributed by atoms with Crippen molar-refractivity contribution in [2.75, 3.05) is 6.54 Å². The van der Waals surface area contributed by atoms with Crippen LogP contribution < -0.4 is 5.32 Å². The van der Waals surface area contributed by atoms with Crippen LogP contribution in [0.3, 0.4) is 0 Å². The number of nitrogens with one attached hydrogen (secondary N) is 1. The topological polar surface area (TPSA) is 29.1 Å². The standard InChI is InChI=1S/C6H7NO/c1-5-2-3-6(8)7-4-5/h2-3H,1,4H2,(H,7,8). The summed E-state index contributed by atoms with van der Waals surface area (Å²) in [6, 6.07) is 0. The van der Waals surface area contributed by atoms with E-state index in [1.54, 1.807) is 6.08 Å². The van der Waals surface area contributed by atoms with Crippen molar-refractivity contribution in [1.29, 1.82) is 0 Å². The minimum absolute atomic E-state index is 0.0302. The maximum Gasteiger partial charge on any atom is 0.244 e. The van der Waals surface area contributed by atoms with Gasteiger partial charge in [0.15, 0.2) is 0 Å². The molecule has 1 aliphatic rings. The van der Waals surface area contributed by atoms with Gasteiger partial charge in [0, 0.05) is 12.6 Å². The van der Waals surface area contributed by atoms with Gasteiger partial charge in [-0.2, -0.15) is 0 Å². The highest BCUT2D eigenvalue weighted by atomic mass is 16.1. The van der Waals surface area contributed by atoms with Crippen molar-refractivity contribution in [3.63, 3.8) is 0 Å². The van der Waals surface area contributed by atoms with Crippen LogP contribution in [0.1, 0.15) is 0 Å². The smallest absolute Gasteiger partial charge is 0.244 e. The van der Waals surface area contributed by atoms with Crippen molar-refractivity contribution in [1.82, 2.24) is 5.32 Å². The fraction of sp³-hybridized carbons (Fsp3) is 0.167. The Morgan fingerprint density at radius 1 is 1.62 bits per heavy atom. The highest BCUT2D eigenvalue weighted by Gasteiger charge is 1.99. The highest BCUT2D eigenvalue weighted by Crippen LogP contribution is 1.94. The molecule has 0 radical (unpaired) electrons. The first-order valence-corrected chi connectivity index (χ1v) is 2.43. The second-order valence-corrected chi connectivity index (χ2v) is 1.71. The predicted molar refractivity (Wildman–Crippen MR) is 31.3 cm³/mol. The second kappa shape index (κ2) is 1.82. The van der Waals surface area contributed by atoms with Gasteiger partial charge >= 0.3 is 0 Å².